The molecule has 21 heavy (non-hydrogen) atoms. The molecule has 116 valence electrons. The first-order chi connectivity index (χ1) is 9.94. The van der Waals surface area contributed by atoms with Crippen LogP contribution in [0.4, 0.5) is 0 Å². The summed E-state index contributed by atoms with van der Waals surface area (Å²) < 4.78 is 0. The van der Waals surface area contributed by atoms with E-state index < -0.39 is 0 Å². The van der Waals surface area contributed by atoms with Crippen molar-refractivity contribution < 1.29 is 4.79 Å². The van der Waals surface area contributed by atoms with Crippen LogP contribution in [0.25, 0.3) is 0 Å². The molecule has 2 bridgehead atoms. The first-order valence-corrected chi connectivity index (χ1v) is 9.09. The van der Waals surface area contributed by atoms with Crippen molar-refractivity contribution in [2.45, 2.75) is 72.1 Å². The lowest BCUT2D eigenvalue weighted by molar-refractivity contribution is -0.151. The molecule has 0 amide bonds. The lowest BCUT2D eigenvalue weighted by Crippen LogP contribution is -2.56. The predicted molar refractivity (Wildman–Crippen MR) is 85.9 cm³/mol. The number of fused-ring (bicyclic) bond motifs is 3. The normalized spacial score (nSPS) is 55.4. The van der Waals surface area contributed by atoms with E-state index in [9.17, 15) is 4.79 Å². The summed E-state index contributed by atoms with van der Waals surface area (Å²) in [5.41, 5.74) is 2.52. The molecule has 1 nitrogen and oxygen atoms in total. The van der Waals surface area contributed by atoms with Gasteiger partial charge in [0.05, 0.1) is 0 Å². The van der Waals surface area contributed by atoms with Gasteiger partial charge in [-0.1, -0.05) is 31.9 Å². The summed E-state index contributed by atoms with van der Waals surface area (Å²) in [6.07, 6.45) is 14.6. The van der Waals surface area contributed by atoms with E-state index in [0.29, 0.717) is 16.7 Å². The Labute approximate surface area is 129 Å². The van der Waals surface area contributed by atoms with E-state index in [1.807, 2.05) is 0 Å². The van der Waals surface area contributed by atoms with Gasteiger partial charge in [-0.2, -0.15) is 0 Å². The highest BCUT2D eigenvalue weighted by atomic mass is 16.1. The van der Waals surface area contributed by atoms with E-state index in [-0.39, 0.29) is 5.41 Å². The summed E-state index contributed by atoms with van der Waals surface area (Å²) in [5, 5.41) is 0. The van der Waals surface area contributed by atoms with Gasteiger partial charge >= 0.3 is 0 Å². The van der Waals surface area contributed by atoms with Gasteiger partial charge in [-0.15, -0.1) is 0 Å². The Morgan fingerprint density at radius 3 is 2.67 bits per heavy atom. The van der Waals surface area contributed by atoms with Crippen molar-refractivity contribution in [1.29, 1.82) is 0 Å². The molecule has 6 unspecified atom stereocenters. The summed E-state index contributed by atoms with van der Waals surface area (Å²) in [4.78, 5) is 11.8. The zero-order chi connectivity index (χ0) is 14.9. The molecule has 0 aliphatic heterocycles. The molecule has 0 radical (unpaired) electrons. The van der Waals surface area contributed by atoms with Gasteiger partial charge in [0.25, 0.3) is 0 Å². The number of rotatable bonds is 1. The van der Waals surface area contributed by atoms with Crippen LogP contribution in [0.2, 0.25) is 0 Å². The van der Waals surface area contributed by atoms with Crippen molar-refractivity contribution in [3.05, 3.63) is 11.6 Å². The highest BCUT2D eigenvalue weighted by molar-refractivity contribution is 5.60. The number of carbonyl (C=O) groups excluding carboxylic acids is 1. The molecule has 6 atom stereocenters. The van der Waals surface area contributed by atoms with E-state index in [1.54, 1.807) is 5.57 Å². The van der Waals surface area contributed by atoms with Crippen LogP contribution in [0.1, 0.15) is 72.1 Å². The second kappa shape index (κ2) is 4.24. The zero-order valence-electron chi connectivity index (χ0n) is 14.0. The fraction of sp³-hybridized carbons (Fsp3) is 0.850. The van der Waals surface area contributed by atoms with Gasteiger partial charge in [-0.05, 0) is 80.5 Å². The number of carbonyl (C=O) groups is 1. The molecule has 3 fully saturated rings. The van der Waals surface area contributed by atoms with Crippen molar-refractivity contribution >= 4 is 6.29 Å². The first kappa shape index (κ1) is 14.0. The highest BCUT2D eigenvalue weighted by Crippen LogP contribution is 2.70. The maximum atomic E-state index is 11.8. The van der Waals surface area contributed by atoms with Gasteiger partial charge in [0.1, 0.15) is 6.29 Å². The minimum Gasteiger partial charge on any atom is -0.303 e. The molecule has 0 saturated heterocycles. The number of hydrogen-bond acceptors (Lipinski definition) is 1. The summed E-state index contributed by atoms with van der Waals surface area (Å²) >= 11 is 0. The molecule has 0 N–H and O–H groups in total. The maximum Gasteiger partial charge on any atom is 0.126 e. The number of allylic oxidation sites excluding steroid dienone is 2. The summed E-state index contributed by atoms with van der Waals surface area (Å²) in [6.45, 7) is 7.17. The van der Waals surface area contributed by atoms with Crippen molar-refractivity contribution in [2.75, 3.05) is 0 Å². The fourth-order valence-corrected chi connectivity index (χ4v) is 7.40. The third-order valence-electron chi connectivity index (χ3n) is 8.27. The van der Waals surface area contributed by atoms with Crippen LogP contribution in [0.3, 0.4) is 0 Å². The molecule has 0 aromatic heterocycles. The van der Waals surface area contributed by atoms with Gasteiger partial charge in [-0.25, -0.2) is 0 Å². The molecule has 4 aliphatic rings. The Hall–Kier alpha value is -0.590. The summed E-state index contributed by atoms with van der Waals surface area (Å²) in [5.74, 6) is 2.33. The van der Waals surface area contributed by atoms with Crippen LogP contribution in [-0.4, -0.2) is 6.29 Å². The fourth-order valence-electron chi connectivity index (χ4n) is 7.40. The lowest BCUT2D eigenvalue weighted by atomic mass is 9.41. The monoisotopic (exact) mass is 286 g/mol. The van der Waals surface area contributed by atoms with Crippen molar-refractivity contribution in [3.8, 4) is 0 Å². The standard InChI is InChI=1S/C20H30O/c1-14-11-20-10-7-16-18(2,13-21)8-4-9-19(16,3)17(20)6-5-15(14)12-20/h11,13,15-17H,4-10,12H2,1-3H3. The van der Waals surface area contributed by atoms with Crippen molar-refractivity contribution in [3.63, 3.8) is 0 Å². The molecule has 0 aromatic carbocycles. The molecule has 0 heterocycles. The predicted octanol–water partition coefficient (Wildman–Crippen LogP) is 5.15. The second-order valence-electron chi connectivity index (χ2n) is 9.23. The maximum absolute atomic E-state index is 11.8. The van der Waals surface area contributed by atoms with Crippen LogP contribution in [0, 0.1) is 34.0 Å². The summed E-state index contributed by atoms with van der Waals surface area (Å²) in [6, 6.07) is 0. The Bertz CT molecular complexity index is 506. The zero-order valence-corrected chi connectivity index (χ0v) is 14.0. The smallest absolute Gasteiger partial charge is 0.126 e. The van der Waals surface area contributed by atoms with E-state index in [2.05, 4.69) is 26.8 Å². The Kier molecular flexibility index (Phi) is 2.83. The van der Waals surface area contributed by atoms with Crippen LogP contribution in [-0.2, 0) is 4.79 Å². The van der Waals surface area contributed by atoms with Crippen LogP contribution in [0.15, 0.2) is 11.6 Å². The van der Waals surface area contributed by atoms with Crippen LogP contribution in [0.5, 0.6) is 0 Å². The molecule has 4 aliphatic carbocycles. The van der Waals surface area contributed by atoms with E-state index >= 15 is 0 Å². The molecule has 1 spiro atoms. The van der Waals surface area contributed by atoms with E-state index in [0.717, 1.165) is 18.3 Å². The molecule has 1 heteroatoms. The molecular formula is C20H30O. The van der Waals surface area contributed by atoms with Gasteiger partial charge < -0.3 is 4.79 Å². The van der Waals surface area contributed by atoms with Crippen molar-refractivity contribution in [2.24, 2.45) is 34.0 Å². The Morgan fingerprint density at radius 1 is 1.10 bits per heavy atom. The second-order valence-corrected chi connectivity index (χ2v) is 9.23. The third-order valence-corrected chi connectivity index (χ3v) is 8.27. The van der Waals surface area contributed by atoms with E-state index in [4.69, 9.17) is 0 Å². The van der Waals surface area contributed by atoms with Crippen LogP contribution < -0.4 is 0 Å². The van der Waals surface area contributed by atoms with Crippen LogP contribution >= 0.6 is 0 Å². The molecule has 3 saturated carbocycles. The number of aldehydes is 1. The largest absolute Gasteiger partial charge is 0.303 e. The van der Waals surface area contributed by atoms with E-state index in [1.165, 1.54) is 51.2 Å². The van der Waals surface area contributed by atoms with Gasteiger partial charge in [0.2, 0.25) is 0 Å². The minimum absolute atomic E-state index is 0.0528. The van der Waals surface area contributed by atoms with Gasteiger partial charge in [0, 0.05) is 5.41 Å². The Morgan fingerprint density at radius 2 is 1.90 bits per heavy atom. The quantitative estimate of drug-likeness (QED) is 0.481. The Balaban J connectivity index is 1.76. The van der Waals surface area contributed by atoms with Crippen molar-refractivity contribution in [1.82, 2.24) is 0 Å². The third kappa shape index (κ3) is 1.67. The summed E-state index contributed by atoms with van der Waals surface area (Å²) in [7, 11) is 0. The molecular weight excluding hydrogens is 256 g/mol. The van der Waals surface area contributed by atoms with Gasteiger partial charge in [0.15, 0.2) is 0 Å². The average molecular weight is 286 g/mol. The minimum atomic E-state index is -0.0528. The topological polar surface area (TPSA) is 17.1 Å². The highest BCUT2D eigenvalue weighted by Gasteiger charge is 2.62. The lowest BCUT2D eigenvalue weighted by Gasteiger charge is -2.63. The number of hydrogen-bond donors (Lipinski definition) is 0. The average Bonchev–Trinajstić information content (AvgIpc) is 2.68. The molecule has 4 rings (SSSR count). The molecule has 0 aromatic rings. The first-order valence-electron chi connectivity index (χ1n) is 9.09. The van der Waals surface area contributed by atoms with Gasteiger partial charge in [-0.3, -0.25) is 0 Å². The SMILES string of the molecule is CC1=CC23CCC4C(C)(C=O)CCCC4(C)C2CCC1C3.